The number of thioether (sulfide) groups is 1. The van der Waals surface area contributed by atoms with Crippen molar-refractivity contribution in [3.8, 4) is 6.07 Å². The zero-order valence-corrected chi connectivity index (χ0v) is 12.4. The van der Waals surface area contributed by atoms with Crippen molar-refractivity contribution in [2.75, 3.05) is 25.4 Å². The van der Waals surface area contributed by atoms with Crippen LogP contribution in [0.15, 0.2) is 0 Å². The molecule has 1 aliphatic heterocycles. The van der Waals surface area contributed by atoms with Gasteiger partial charge in [0.05, 0.1) is 6.07 Å². The van der Waals surface area contributed by atoms with Crippen LogP contribution in [0.1, 0.15) is 25.7 Å². The first kappa shape index (κ1) is 15.6. The Labute approximate surface area is 127 Å². The second-order valence-electron chi connectivity index (χ2n) is 5.15. The van der Waals surface area contributed by atoms with Gasteiger partial charge in [-0.2, -0.15) is 5.26 Å². The molecular weight excluding hydrogens is 294 g/mol. The molecule has 2 amide bonds. The van der Waals surface area contributed by atoms with Crippen molar-refractivity contribution < 1.29 is 19.1 Å². The minimum absolute atomic E-state index is 0.136. The largest absolute Gasteiger partial charge is 0.454 e. The minimum Gasteiger partial charge on any atom is -0.454 e. The third-order valence-corrected chi connectivity index (χ3v) is 4.47. The summed E-state index contributed by atoms with van der Waals surface area (Å²) in [5.74, 6) is -0.426. The van der Waals surface area contributed by atoms with E-state index in [-0.39, 0.29) is 11.8 Å². The number of carbonyl (C=O) groups excluding carboxylic acids is 3. The average Bonchev–Trinajstić information content (AvgIpc) is 3.07. The first-order valence-electron chi connectivity index (χ1n) is 6.84. The molecule has 2 aliphatic rings. The average molecular weight is 311 g/mol. The van der Waals surface area contributed by atoms with Gasteiger partial charge in [0.2, 0.25) is 0 Å². The van der Waals surface area contributed by atoms with Gasteiger partial charge in [-0.15, -0.1) is 0 Å². The molecule has 7 nitrogen and oxygen atoms in total. The summed E-state index contributed by atoms with van der Waals surface area (Å²) in [6.45, 7) is -0.0394. The van der Waals surface area contributed by atoms with Crippen LogP contribution < -0.4 is 5.32 Å². The molecule has 0 aromatic carbocycles. The van der Waals surface area contributed by atoms with Crippen molar-refractivity contribution >= 4 is 28.9 Å². The molecule has 0 aromatic rings. The smallest absolute Gasteiger partial charge is 0.326 e. The summed E-state index contributed by atoms with van der Waals surface area (Å²) in [4.78, 5) is 36.0. The molecule has 1 heterocycles. The van der Waals surface area contributed by atoms with Crippen LogP contribution in [0.25, 0.3) is 0 Å². The number of rotatable bonds is 5. The first-order chi connectivity index (χ1) is 10.0. The molecule has 1 N–H and O–H groups in total. The van der Waals surface area contributed by atoms with Crippen LogP contribution >= 0.6 is 11.8 Å². The molecule has 1 saturated carbocycles. The molecule has 0 aromatic heterocycles. The van der Waals surface area contributed by atoms with Crippen LogP contribution in [0.5, 0.6) is 0 Å². The van der Waals surface area contributed by atoms with Crippen LogP contribution in [0.2, 0.25) is 0 Å². The third kappa shape index (κ3) is 4.11. The van der Waals surface area contributed by atoms with Crippen molar-refractivity contribution in [1.82, 2.24) is 10.2 Å². The van der Waals surface area contributed by atoms with E-state index in [9.17, 15) is 14.4 Å². The predicted octanol–water partition coefficient (Wildman–Crippen LogP) is 0.651. The van der Waals surface area contributed by atoms with Crippen molar-refractivity contribution in [3.63, 3.8) is 0 Å². The van der Waals surface area contributed by atoms with E-state index < -0.39 is 24.0 Å². The fourth-order valence-electron chi connectivity index (χ4n) is 2.46. The van der Waals surface area contributed by atoms with E-state index in [2.05, 4.69) is 11.4 Å². The van der Waals surface area contributed by atoms with Crippen LogP contribution in [-0.2, 0) is 14.3 Å². The normalized spacial score (nSPS) is 20.1. The Morgan fingerprint density at radius 1 is 1.43 bits per heavy atom. The van der Waals surface area contributed by atoms with Gasteiger partial charge in [0, 0.05) is 12.3 Å². The van der Waals surface area contributed by atoms with E-state index >= 15 is 0 Å². The van der Waals surface area contributed by atoms with E-state index in [0.717, 1.165) is 24.6 Å². The summed E-state index contributed by atoms with van der Waals surface area (Å²) in [7, 11) is 0. The van der Waals surface area contributed by atoms with Gasteiger partial charge in [-0.3, -0.25) is 14.4 Å². The number of ether oxygens (including phenoxy) is 1. The number of carbonyl (C=O) groups is 3. The molecule has 0 radical (unpaired) electrons. The maximum absolute atomic E-state index is 11.7. The van der Waals surface area contributed by atoms with Gasteiger partial charge in [0.1, 0.15) is 12.1 Å². The number of nitrogens with one attached hydrogen (secondary N) is 1. The fourth-order valence-corrected chi connectivity index (χ4v) is 3.29. The lowest BCUT2D eigenvalue weighted by Gasteiger charge is -2.22. The first-order valence-corrected chi connectivity index (χ1v) is 7.83. The van der Waals surface area contributed by atoms with Gasteiger partial charge in [0.25, 0.3) is 11.1 Å². The highest BCUT2D eigenvalue weighted by Gasteiger charge is 2.35. The zero-order valence-electron chi connectivity index (χ0n) is 11.6. The standard InChI is InChI=1S/C13H17N3O4S/c14-9-13(3-1-2-4-13)15-10(17)8-20-11(18)7-16-5-6-21-12(16)19/h1-8H2,(H,15,17). The van der Waals surface area contributed by atoms with Crippen LogP contribution in [0.4, 0.5) is 4.79 Å². The topological polar surface area (TPSA) is 99.5 Å². The second kappa shape index (κ2) is 6.80. The van der Waals surface area contributed by atoms with E-state index in [1.165, 1.54) is 4.90 Å². The quantitative estimate of drug-likeness (QED) is 0.748. The highest BCUT2D eigenvalue weighted by Crippen LogP contribution is 2.28. The maximum atomic E-state index is 11.7. The summed E-state index contributed by atoms with van der Waals surface area (Å²) >= 11 is 1.16. The second-order valence-corrected chi connectivity index (χ2v) is 6.19. The molecular formula is C13H17N3O4S. The molecule has 21 heavy (non-hydrogen) atoms. The molecule has 0 atom stereocenters. The third-order valence-electron chi connectivity index (χ3n) is 3.58. The van der Waals surface area contributed by atoms with E-state index in [0.29, 0.717) is 25.1 Å². The lowest BCUT2D eigenvalue weighted by atomic mass is 10.00. The van der Waals surface area contributed by atoms with E-state index in [1.54, 1.807) is 0 Å². The Balaban J connectivity index is 1.72. The van der Waals surface area contributed by atoms with Gasteiger partial charge in [-0.1, -0.05) is 11.8 Å². The summed E-state index contributed by atoms with van der Waals surface area (Å²) in [5, 5.41) is 11.6. The zero-order chi connectivity index (χ0) is 15.3. The maximum Gasteiger partial charge on any atom is 0.326 e. The highest BCUT2D eigenvalue weighted by atomic mass is 32.2. The molecule has 8 heteroatoms. The monoisotopic (exact) mass is 311 g/mol. The Morgan fingerprint density at radius 3 is 2.71 bits per heavy atom. The van der Waals surface area contributed by atoms with Gasteiger partial charge in [-0.05, 0) is 25.7 Å². The van der Waals surface area contributed by atoms with Crippen LogP contribution in [0, 0.1) is 11.3 Å². The number of nitrogens with zero attached hydrogens (tertiary/aromatic N) is 2. The van der Waals surface area contributed by atoms with Crippen molar-refractivity contribution in [1.29, 1.82) is 5.26 Å². The van der Waals surface area contributed by atoms with Crippen LogP contribution in [-0.4, -0.2) is 53.0 Å². The Hall–Kier alpha value is -1.75. The Bertz CT molecular complexity index is 482. The summed E-state index contributed by atoms with van der Waals surface area (Å²) in [5.41, 5.74) is -0.814. The number of hydrogen-bond acceptors (Lipinski definition) is 6. The molecule has 2 fully saturated rings. The van der Waals surface area contributed by atoms with E-state index in [1.807, 2.05) is 0 Å². The molecule has 1 saturated heterocycles. The Kier molecular flexibility index (Phi) is 5.07. The number of nitriles is 1. The number of amides is 2. The summed E-state index contributed by atoms with van der Waals surface area (Å²) in [6.07, 6.45) is 3.07. The molecule has 0 unspecified atom stereocenters. The molecule has 2 rings (SSSR count). The molecule has 1 aliphatic carbocycles. The van der Waals surface area contributed by atoms with Crippen molar-refractivity contribution in [2.24, 2.45) is 0 Å². The van der Waals surface area contributed by atoms with E-state index in [4.69, 9.17) is 10.00 Å². The SMILES string of the molecule is N#CC1(NC(=O)COC(=O)CN2CCSC2=O)CCCC1. The van der Waals surface area contributed by atoms with Gasteiger partial charge in [-0.25, -0.2) is 0 Å². The number of esters is 1. The lowest BCUT2D eigenvalue weighted by Crippen LogP contribution is -2.47. The minimum atomic E-state index is -0.814. The number of hydrogen-bond donors (Lipinski definition) is 1. The van der Waals surface area contributed by atoms with Gasteiger partial charge >= 0.3 is 5.97 Å². The summed E-state index contributed by atoms with van der Waals surface area (Å²) in [6, 6.07) is 2.13. The van der Waals surface area contributed by atoms with Gasteiger partial charge < -0.3 is 15.0 Å². The molecule has 114 valence electrons. The molecule has 0 spiro atoms. The molecule has 0 bridgehead atoms. The van der Waals surface area contributed by atoms with Crippen molar-refractivity contribution in [3.05, 3.63) is 0 Å². The summed E-state index contributed by atoms with van der Waals surface area (Å²) < 4.78 is 4.85. The van der Waals surface area contributed by atoms with Crippen molar-refractivity contribution in [2.45, 2.75) is 31.2 Å². The predicted molar refractivity (Wildman–Crippen MR) is 75.3 cm³/mol. The lowest BCUT2D eigenvalue weighted by molar-refractivity contribution is -0.149. The van der Waals surface area contributed by atoms with Crippen LogP contribution in [0.3, 0.4) is 0 Å². The van der Waals surface area contributed by atoms with Gasteiger partial charge in [0.15, 0.2) is 6.61 Å². The highest BCUT2D eigenvalue weighted by molar-refractivity contribution is 8.13. The fraction of sp³-hybridized carbons (Fsp3) is 0.692. The Morgan fingerprint density at radius 2 is 2.14 bits per heavy atom.